The molecule has 0 aliphatic carbocycles. The lowest BCUT2D eigenvalue weighted by molar-refractivity contribution is 0.0583. The van der Waals surface area contributed by atoms with Crippen molar-refractivity contribution in [1.82, 2.24) is 9.97 Å². The van der Waals surface area contributed by atoms with Crippen molar-refractivity contribution in [2.45, 2.75) is 44.7 Å². The number of carboxylic acids is 1. The van der Waals surface area contributed by atoms with E-state index in [-0.39, 0.29) is 41.6 Å². The van der Waals surface area contributed by atoms with Crippen LogP contribution in [0.5, 0.6) is 5.88 Å². The molecule has 192 valence electrons. The quantitative estimate of drug-likeness (QED) is 0.349. The summed E-state index contributed by atoms with van der Waals surface area (Å²) >= 11 is 0. The summed E-state index contributed by atoms with van der Waals surface area (Å²) in [6.45, 7) is 8.02. The van der Waals surface area contributed by atoms with E-state index in [9.17, 15) is 18.3 Å². The molecule has 0 saturated heterocycles. The van der Waals surface area contributed by atoms with Crippen LogP contribution < -0.4 is 15.2 Å². The van der Waals surface area contributed by atoms with E-state index in [4.69, 9.17) is 15.2 Å². The monoisotopic (exact) mass is 514 g/mol. The molecule has 0 radical (unpaired) electrons. The summed E-state index contributed by atoms with van der Waals surface area (Å²) in [6.07, 6.45) is 0.0198. The number of aryl methyl sites for hydroxylation is 2. The van der Waals surface area contributed by atoms with Gasteiger partial charge in [-0.1, -0.05) is 24.3 Å². The smallest absolute Gasteiger partial charge is 0.335 e. The Morgan fingerprint density at radius 1 is 1.06 bits per heavy atom. The molecule has 36 heavy (non-hydrogen) atoms. The van der Waals surface area contributed by atoms with Crippen molar-refractivity contribution in [1.29, 1.82) is 0 Å². The standard InChI is InChI=1S/C25H30N4O6S/c1-15(2)34-13-19(26)14-35-22-12-21(23-16(3)7-5-8-17(23)4)27-25(28-22)29-36(32,33)20-10-6-9-18(11-20)24(30)31/h5-12,15,19H,13-14,26H2,1-4H3,(H,30,31)(H,27,28,29)/t19-/m1/s1. The largest absolute Gasteiger partial charge is 0.478 e. The molecule has 1 aromatic heterocycles. The van der Waals surface area contributed by atoms with Crippen LogP contribution in [0.2, 0.25) is 0 Å². The molecule has 0 saturated carbocycles. The number of carboxylic acid groups (broad SMARTS) is 1. The first-order valence-electron chi connectivity index (χ1n) is 11.3. The molecule has 1 atom stereocenters. The summed E-state index contributed by atoms with van der Waals surface area (Å²) in [5.41, 5.74) is 9.04. The lowest BCUT2D eigenvalue weighted by atomic mass is 10.00. The molecule has 0 bridgehead atoms. The Hall–Kier alpha value is -3.54. The van der Waals surface area contributed by atoms with Gasteiger partial charge in [-0.05, 0) is 57.0 Å². The summed E-state index contributed by atoms with van der Waals surface area (Å²) in [7, 11) is -4.19. The first-order chi connectivity index (χ1) is 17.0. The van der Waals surface area contributed by atoms with Crippen LogP contribution in [0.1, 0.15) is 35.3 Å². The minimum Gasteiger partial charge on any atom is -0.478 e. The van der Waals surface area contributed by atoms with Crippen LogP contribution in [0.4, 0.5) is 5.95 Å². The number of aromatic nitrogens is 2. The zero-order valence-electron chi connectivity index (χ0n) is 20.6. The topological polar surface area (TPSA) is 154 Å². The van der Waals surface area contributed by atoms with Crippen LogP contribution in [0.25, 0.3) is 11.3 Å². The summed E-state index contributed by atoms with van der Waals surface area (Å²) in [6, 6.07) is 12.0. The number of benzene rings is 2. The van der Waals surface area contributed by atoms with Crippen molar-refractivity contribution >= 4 is 21.9 Å². The number of hydrogen-bond donors (Lipinski definition) is 3. The predicted molar refractivity (Wildman–Crippen MR) is 136 cm³/mol. The maximum atomic E-state index is 13.0. The SMILES string of the molecule is Cc1cccc(C)c1-c1cc(OC[C@H](N)COC(C)C)nc(NS(=O)(=O)c2cccc(C(=O)O)c2)n1. The Labute approximate surface area is 210 Å². The van der Waals surface area contributed by atoms with E-state index < -0.39 is 22.0 Å². The van der Waals surface area contributed by atoms with E-state index in [1.807, 2.05) is 45.9 Å². The van der Waals surface area contributed by atoms with Crippen LogP contribution in [0, 0.1) is 13.8 Å². The number of sulfonamides is 1. The molecule has 0 fully saturated rings. The van der Waals surface area contributed by atoms with Gasteiger partial charge >= 0.3 is 5.97 Å². The first kappa shape index (κ1) is 27.1. The first-order valence-corrected chi connectivity index (χ1v) is 12.8. The van der Waals surface area contributed by atoms with E-state index in [0.29, 0.717) is 5.69 Å². The molecule has 3 rings (SSSR count). The van der Waals surface area contributed by atoms with Crippen molar-refractivity contribution < 1.29 is 27.8 Å². The molecule has 0 aliphatic rings. The third kappa shape index (κ3) is 7.00. The Kier molecular flexibility index (Phi) is 8.62. The fraction of sp³-hybridized carbons (Fsp3) is 0.320. The fourth-order valence-electron chi connectivity index (χ4n) is 3.42. The summed E-state index contributed by atoms with van der Waals surface area (Å²) in [5, 5.41) is 9.21. The third-order valence-electron chi connectivity index (χ3n) is 5.15. The summed E-state index contributed by atoms with van der Waals surface area (Å²) in [4.78, 5) is 19.7. The van der Waals surface area contributed by atoms with E-state index in [0.717, 1.165) is 22.8 Å². The normalized spacial score (nSPS) is 12.4. The van der Waals surface area contributed by atoms with Crippen LogP contribution in [0.15, 0.2) is 53.4 Å². The van der Waals surface area contributed by atoms with E-state index >= 15 is 0 Å². The van der Waals surface area contributed by atoms with Gasteiger partial charge in [0.25, 0.3) is 10.0 Å². The maximum Gasteiger partial charge on any atom is 0.335 e. The highest BCUT2D eigenvalue weighted by atomic mass is 32.2. The number of hydrogen-bond acceptors (Lipinski definition) is 8. The van der Waals surface area contributed by atoms with Crippen LogP contribution in [-0.4, -0.2) is 54.8 Å². The van der Waals surface area contributed by atoms with Crippen LogP contribution >= 0.6 is 0 Å². The number of aromatic carboxylic acids is 1. The van der Waals surface area contributed by atoms with Gasteiger partial charge in [-0.2, -0.15) is 4.98 Å². The molecule has 4 N–H and O–H groups in total. The van der Waals surface area contributed by atoms with Gasteiger partial charge in [-0.25, -0.2) is 22.9 Å². The predicted octanol–water partition coefficient (Wildman–Crippen LogP) is 3.39. The number of carbonyl (C=O) groups is 1. The molecule has 2 aromatic carbocycles. The van der Waals surface area contributed by atoms with Crippen molar-refractivity contribution in [3.05, 3.63) is 65.2 Å². The van der Waals surface area contributed by atoms with Crippen molar-refractivity contribution in [3.63, 3.8) is 0 Å². The fourth-order valence-corrected chi connectivity index (χ4v) is 4.41. The number of ether oxygens (including phenoxy) is 2. The van der Waals surface area contributed by atoms with Gasteiger partial charge in [0.2, 0.25) is 11.8 Å². The number of nitrogens with one attached hydrogen (secondary N) is 1. The molecule has 0 spiro atoms. The van der Waals surface area contributed by atoms with Crippen molar-refractivity contribution in [3.8, 4) is 17.1 Å². The van der Waals surface area contributed by atoms with Gasteiger partial charge in [0.15, 0.2) is 0 Å². The van der Waals surface area contributed by atoms with Crippen LogP contribution in [-0.2, 0) is 14.8 Å². The zero-order valence-corrected chi connectivity index (χ0v) is 21.4. The van der Waals surface area contributed by atoms with Crippen molar-refractivity contribution in [2.75, 3.05) is 17.9 Å². The van der Waals surface area contributed by atoms with Gasteiger partial charge in [0, 0.05) is 11.6 Å². The lowest BCUT2D eigenvalue weighted by Gasteiger charge is -2.17. The second kappa shape index (κ2) is 11.5. The van der Waals surface area contributed by atoms with Gasteiger partial charge in [0.1, 0.15) is 6.61 Å². The molecule has 0 unspecified atom stereocenters. The molecule has 0 amide bonds. The van der Waals surface area contributed by atoms with Crippen LogP contribution in [0.3, 0.4) is 0 Å². The average Bonchev–Trinajstić information content (AvgIpc) is 2.81. The highest BCUT2D eigenvalue weighted by Gasteiger charge is 2.20. The molecule has 3 aromatic rings. The summed E-state index contributed by atoms with van der Waals surface area (Å²) < 4.78 is 39.7. The van der Waals surface area contributed by atoms with E-state index in [1.54, 1.807) is 6.07 Å². The molecular formula is C25H30N4O6S. The molecule has 1 heterocycles. The Balaban J connectivity index is 1.97. The van der Waals surface area contributed by atoms with Gasteiger partial charge < -0.3 is 20.3 Å². The maximum absolute atomic E-state index is 13.0. The second-order valence-electron chi connectivity index (χ2n) is 8.57. The summed E-state index contributed by atoms with van der Waals surface area (Å²) in [5.74, 6) is -1.34. The highest BCUT2D eigenvalue weighted by molar-refractivity contribution is 7.92. The highest BCUT2D eigenvalue weighted by Crippen LogP contribution is 2.29. The Morgan fingerprint density at radius 2 is 1.72 bits per heavy atom. The van der Waals surface area contributed by atoms with E-state index in [1.165, 1.54) is 18.2 Å². The molecule has 0 aliphatic heterocycles. The third-order valence-corrected chi connectivity index (χ3v) is 6.47. The van der Waals surface area contributed by atoms with E-state index in [2.05, 4.69) is 14.7 Å². The van der Waals surface area contributed by atoms with Gasteiger partial charge in [-0.15, -0.1) is 0 Å². The minimum atomic E-state index is -4.19. The molecular weight excluding hydrogens is 484 g/mol. The number of anilines is 1. The zero-order chi connectivity index (χ0) is 26.5. The minimum absolute atomic E-state index is 0.0198. The Morgan fingerprint density at radius 3 is 2.36 bits per heavy atom. The number of nitrogens with two attached hydrogens (primary N) is 1. The van der Waals surface area contributed by atoms with Gasteiger partial charge in [-0.3, -0.25) is 0 Å². The van der Waals surface area contributed by atoms with Gasteiger partial charge in [0.05, 0.1) is 34.9 Å². The number of nitrogens with zero attached hydrogens (tertiary/aromatic N) is 2. The Bertz CT molecular complexity index is 1320. The second-order valence-corrected chi connectivity index (χ2v) is 10.3. The van der Waals surface area contributed by atoms with Crippen molar-refractivity contribution in [2.24, 2.45) is 5.73 Å². The lowest BCUT2D eigenvalue weighted by Crippen LogP contribution is -2.34. The molecule has 11 heteroatoms. The number of rotatable bonds is 11. The average molecular weight is 515 g/mol. The molecule has 10 nitrogen and oxygen atoms in total.